The van der Waals surface area contributed by atoms with Crippen molar-refractivity contribution in [2.45, 2.75) is 32.6 Å². The van der Waals surface area contributed by atoms with Gasteiger partial charge in [-0.05, 0) is 62.1 Å². The standard InChI is InChI=1S/C26H32FN3O5/c1-2-34-23-17-20(8-11-22(23)35-18-25(32)30-14-4-3-5-15-30)26(33)29-13-12-28-24(31)16-19-6-9-21(27)10-7-19/h6-11,17H,2-5,12-16,18H2,1H3,(H,28,31)(H,29,33). The molecule has 2 N–H and O–H groups in total. The molecule has 9 heteroatoms. The molecule has 1 aliphatic rings. The lowest BCUT2D eigenvalue weighted by molar-refractivity contribution is -0.134. The number of likely N-dealkylation sites (tertiary alicyclic amines) is 1. The molecule has 1 heterocycles. The van der Waals surface area contributed by atoms with Crippen LogP contribution in [-0.4, -0.2) is 62.0 Å². The molecule has 0 saturated carbocycles. The maximum absolute atomic E-state index is 12.9. The number of piperidine rings is 1. The zero-order chi connectivity index (χ0) is 25.0. The fraction of sp³-hybridized carbons (Fsp3) is 0.423. The summed E-state index contributed by atoms with van der Waals surface area (Å²) in [7, 11) is 0. The smallest absolute Gasteiger partial charge is 0.260 e. The van der Waals surface area contributed by atoms with Gasteiger partial charge in [-0.25, -0.2) is 4.39 Å². The van der Waals surface area contributed by atoms with E-state index in [2.05, 4.69) is 10.6 Å². The Hall–Kier alpha value is -3.62. The Bertz CT molecular complexity index is 1010. The van der Waals surface area contributed by atoms with E-state index in [1.807, 2.05) is 11.8 Å². The Morgan fingerprint density at radius 1 is 0.914 bits per heavy atom. The van der Waals surface area contributed by atoms with E-state index in [0.29, 0.717) is 29.2 Å². The van der Waals surface area contributed by atoms with Gasteiger partial charge in [-0.3, -0.25) is 14.4 Å². The van der Waals surface area contributed by atoms with Gasteiger partial charge < -0.3 is 25.0 Å². The van der Waals surface area contributed by atoms with Crippen LogP contribution in [0.15, 0.2) is 42.5 Å². The summed E-state index contributed by atoms with van der Waals surface area (Å²) in [6.45, 7) is 4.12. The van der Waals surface area contributed by atoms with Gasteiger partial charge in [0.25, 0.3) is 11.8 Å². The van der Waals surface area contributed by atoms with Crippen molar-refractivity contribution in [2.75, 3.05) is 39.4 Å². The third-order valence-corrected chi connectivity index (χ3v) is 5.58. The summed E-state index contributed by atoms with van der Waals surface area (Å²) >= 11 is 0. The number of hydrogen-bond acceptors (Lipinski definition) is 5. The number of halogens is 1. The maximum atomic E-state index is 12.9. The van der Waals surface area contributed by atoms with Crippen molar-refractivity contribution in [1.82, 2.24) is 15.5 Å². The average Bonchev–Trinajstić information content (AvgIpc) is 2.87. The van der Waals surface area contributed by atoms with Crippen LogP contribution in [0.4, 0.5) is 4.39 Å². The monoisotopic (exact) mass is 485 g/mol. The van der Waals surface area contributed by atoms with E-state index in [1.54, 1.807) is 30.3 Å². The van der Waals surface area contributed by atoms with Crippen molar-refractivity contribution < 1.29 is 28.2 Å². The van der Waals surface area contributed by atoms with Gasteiger partial charge in [0.05, 0.1) is 13.0 Å². The number of benzene rings is 2. The van der Waals surface area contributed by atoms with E-state index in [9.17, 15) is 18.8 Å². The highest BCUT2D eigenvalue weighted by Gasteiger charge is 2.18. The molecular formula is C26H32FN3O5. The van der Waals surface area contributed by atoms with Gasteiger partial charge in [-0.15, -0.1) is 0 Å². The molecule has 2 aromatic carbocycles. The van der Waals surface area contributed by atoms with E-state index >= 15 is 0 Å². The van der Waals surface area contributed by atoms with Gasteiger partial charge in [-0.2, -0.15) is 0 Å². The summed E-state index contributed by atoms with van der Waals surface area (Å²) in [4.78, 5) is 38.7. The molecular weight excluding hydrogens is 453 g/mol. The number of nitrogens with zero attached hydrogens (tertiary/aromatic N) is 1. The summed E-state index contributed by atoms with van der Waals surface area (Å²) in [5, 5.41) is 5.47. The van der Waals surface area contributed by atoms with Crippen LogP contribution in [0.5, 0.6) is 11.5 Å². The van der Waals surface area contributed by atoms with Crippen molar-refractivity contribution in [2.24, 2.45) is 0 Å². The van der Waals surface area contributed by atoms with Gasteiger partial charge >= 0.3 is 0 Å². The normalized spacial score (nSPS) is 13.1. The number of carbonyl (C=O) groups is 3. The maximum Gasteiger partial charge on any atom is 0.260 e. The largest absolute Gasteiger partial charge is 0.490 e. The molecule has 1 fully saturated rings. The molecule has 1 saturated heterocycles. The minimum Gasteiger partial charge on any atom is -0.490 e. The first-order valence-corrected chi connectivity index (χ1v) is 11.9. The second-order valence-corrected chi connectivity index (χ2v) is 8.23. The highest BCUT2D eigenvalue weighted by Crippen LogP contribution is 2.28. The van der Waals surface area contributed by atoms with Crippen LogP contribution in [-0.2, 0) is 16.0 Å². The molecule has 1 aliphatic heterocycles. The summed E-state index contributed by atoms with van der Waals surface area (Å²) < 4.78 is 24.3. The van der Waals surface area contributed by atoms with Crippen molar-refractivity contribution in [3.8, 4) is 11.5 Å². The van der Waals surface area contributed by atoms with Gasteiger partial charge in [0, 0.05) is 31.7 Å². The molecule has 0 bridgehead atoms. The number of rotatable bonds is 11. The minimum atomic E-state index is -0.352. The zero-order valence-corrected chi connectivity index (χ0v) is 20.0. The van der Waals surface area contributed by atoms with Crippen LogP contribution in [0.2, 0.25) is 0 Å². The van der Waals surface area contributed by atoms with Crippen LogP contribution in [0.25, 0.3) is 0 Å². The minimum absolute atomic E-state index is 0.0598. The van der Waals surface area contributed by atoms with E-state index < -0.39 is 0 Å². The lowest BCUT2D eigenvalue weighted by atomic mass is 10.1. The van der Waals surface area contributed by atoms with E-state index in [0.717, 1.165) is 32.4 Å². The third-order valence-electron chi connectivity index (χ3n) is 5.58. The molecule has 0 aromatic heterocycles. The number of nitrogens with one attached hydrogen (secondary N) is 2. The Labute approximate surface area is 204 Å². The van der Waals surface area contributed by atoms with E-state index in [4.69, 9.17) is 9.47 Å². The SMILES string of the molecule is CCOc1cc(C(=O)NCCNC(=O)Cc2ccc(F)cc2)ccc1OCC(=O)N1CCCCC1. The molecule has 35 heavy (non-hydrogen) atoms. The Kier molecular flexibility index (Phi) is 9.89. The molecule has 8 nitrogen and oxygen atoms in total. The Balaban J connectivity index is 1.46. The lowest BCUT2D eigenvalue weighted by Crippen LogP contribution is -2.38. The van der Waals surface area contributed by atoms with Crippen LogP contribution in [0.3, 0.4) is 0 Å². The van der Waals surface area contributed by atoms with Crippen LogP contribution in [0.1, 0.15) is 42.1 Å². The lowest BCUT2D eigenvalue weighted by Gasteiger charge is -2.26. The molecule has 3 amide bonds. The number of carbonyl (C=O) groups excluding carboxylic acids is 3. The topological polar surface area (TPSA) is 97.0 Å². The van der Waals surface area contributed by atoms with Crippen LogP contribution < -0.4 is 20.1 Å². The van der Waals surface area contributed by atoms with Gasteiger partial charge in [-0.1, -0.05) is 12.1 Å². The summed E-state index contributed by atoms with van der Waals surface area (Å²) in [5.74, 6) is -0.161. The number of ether oxygens (including phenoxy) is 2. The van der Waals surface area contributed by atoms with Gasteiger partial charge in [0.15, 0.2) is 18.1 Å². The molecule has 0 unspecified atom stereocenters. The number of amides is 3. The molecule has 3 rings (SSSR count). The van der Waals surface area contributed by atoms with Crippen molar-refractivity contribution in [1.29, 1.82) is 0 Å². The van der Waals surface area contributed by atoms with Gasteiger partial charge in [0.2, 0.25) is 5.91 Å². The summed E-state index contributed by atoms with van der Waals surface area (Å²) in [5.41, 5.74) is 1.08. The first-order valence-electron chi connectivity index (χ1n) is 11.9. The van der Waals surface area contributed by atoms with Crippen molar-refractivity contribution in [3.05, 3.63) is 59.4 Å². The highest BCUT2D eigenvalue weighted by atomic mass is 19.1. The van der Waals surface area contributed by atoms with Crippen LogP contribution in [0, 0.1) is 5.82 Å². The zero-order valence-electron chi connectivity index (χ0n) is 20.0. The molecule has 0 atom stereocenters. The summed E-state index contributed by atoms with van der Waals surface area (Å²) in [6, 6.07) is 10.5. The molecule has 2 aromatic rings. The number of hydrogen-bond donors (Lipinski definition) is 2. The first-order chi connectivity index (χ1) is 17.0. The molecule has 0 spiro atoms. The Morgan fingerprint density at radius 3 is 2.34 bits per heavy atom. The van der Waals surface area contributed by atoms with Crippen LogP contribution >= 0.6 is 0 Å². The summed E-state index contributed by atoms with van der Waals surface area (Å²) in [6.07, 6.45) is 3.30. The third kappa shape index (κ3) is 8.27. The molecule has 0 radical (unpaired) electrons. The highest BCUT2D eigenvalue weighted by molar-refractivity contribution is 5.95. The van der Waals surface area contributed by atoms with Crippen molar-refractivity contribution >= 4 is 17.7 Å². The van der Waals surface area contributed by atoms with Gasteiger partial charge in [0.1, 0.15) is 5.82 Å². The second kappa shape index (κ2) is 13.3. The predicted molar refractivity (Wildman–Crippen MR) is 129 cm³/mol. The first kappa shape index (κ1) is 26.0. The quantitative estimate of drug-likeness (QED) is 0.477. The molecule has 0 aliphatic carbocycles. The molecule has 188 valence electrons. The average molecular weight is 486 g/mol. The second-order valence-electron chi connectivity index (χ2n) is 8.23. The van der Waals surface area contributed by atoms with Crippen molar-refractivity contribution in [3.63, 3.8) is 0 Å². The van der Waals surface area contributed by atoms with E-state index in [1.165, 1.54) is 12.1 Å². The van der Waals surface area contributed by atoms with E-state index in [-0.39, 0.29) is 49.7 Å². The predicted octanol–water partition coefficient (Wildman–Crippen LogP) is 2.70. The fourth-order valence-electron chi connectivity index (χ4n) is 3.74. The fourth-order valence-corrected chi connectivity index (χ4v) is 3.74. The Morgan fingerprint density at radius 2 is 1.63 bits per heavy atom.